The Morgan fingerprint density at radius 3 is 1.83 bits per heavy atom. The third-order valence-electron chi connectivity index (χ3n) is 3.05. The minimum Gasteiger partial charge on any atom is -0.478 e. The second-order valence-corrected chi connectivity index (χ2v) is 8.12. The van der Waals surface area contributed by atoms with Crippen LogP contribution in [0.1, 0.15) is 73.1 Å². The quantitative estimate of drug-likeness (QED) is 0.361. The van der Waals surface area contributed by atoms with Gasteiger partial charge in [0.1, 0.15) is 6.29 Å². The van der Waals surface area contributed by atoms with E-state index in [1.807, 2.05) is 0 Å². The molecular formula is C15H33AlO2. The van der Waals surface area contributed by atoms with Crippen molar-refractivity contribution in [2.24, 2.45) is 0 Å². The van der Waals surface area contributed by atoms with Gasteiger partial charge in [0.15, 0.2) is 0 Å². The molecule has 0 aliphatic carbocycles. The van der Waals surface area contributed by atoms with E-state index in [9.17, 15) is 0 Å². The Balaban J connectivity index is 4.18. The molecule has 0 N–H and O–H groups in total. The molecule has 0 radical (unpaired) electrons. The maximum atomic E-state index is 6.32. The Bertz CT molecular complexity index is 166. The zero-order chi connectivity index (χ0) is 13.8. The summed E-state index contributed by atoms with van der Waals surface area (Å²) in [7, 11) is 0. The molecule has 0 aliphatic heterocycles. The molecule has 0 saturated heterocycles. The molecule has 0 spiro atoms. The van der Waals surface area contributed by atoms with E-state index in [0.717, 1.165) is 12.8 Å². The average molecular weight is 272 g/mol. The van der Waals surface area contributed by atoms with Crippen molar-refractivity contribution in [2.45, 2.75) is 96.1 Å². The standard InChI is InChI=1S/C7H15O2.2C4H9.Al/c1-4-5-7(8)9-6(2)3;2*1-3-4-2;/h6-7H,4-5H2,1-3H3;2*1,3-4H2,2H3;/q-1;;;+1. The van der Waals surface area contributed by atoms with E-state index in [-0.39, 0.29) is 12.4 Å². The van der Waals surface area contributed by atoms with Crippen molar-refractivity contribution in [1.82, 2.24) is 0 Å². The second kappa shape index (κ2) is 12.5. The van der Waals surface area contributed by atoms with Crippen LogP contribution >= 0.6 is 0 Å². The van der Waals surface area contributed by atoms with Crippen LogP contribution in [-0.2, 0) is 8.53 Å². The van der Waals surface area contributed by atoms with Gasteiger partial charge >= 0.3 is 14.5 Å². The van der Waals surface area contributed by atoms with Gasteiger partial charge in [-0.2, -0.15) is 0 Å². The highest BCUT2D eigenvalue weighted by molar-refractivity contribution is 6.51. The van der Waals surface area contributed by atoms with Gasteiger partial charge in [-0.05, 0) is 20.3 Å². The van der Waals surface area contributed by atoms with E-state index in [1.165, 1.54) is 36.2 Å². The van der Waals surface area contributed by atoms with Crippen LogP contribution in [0.2, 0.25) is 10.6 Å². The normalized spacial score (nSPS) is 13.0. The zero-order valence-corrected chi connectivity index (χ0v) is 14.4. The third-order valence-corrected chi connectivity index (χ3v) is 5.84. The number of ether oxygens (including phenoxy) is 1. The van der Waals surface area contributed by atoms with Crippen molar-refractivity contribution in [3.05, 3.63) is 0 Å². The van der Waals surface area contributed by atoms with E-state index in [1.54, 1.807) is 0 Å². The summed E-state index contributed by atoms with van der Waals surface area (Å²) in [5, 5.41) is 2.64. The van der Waals surface area contributed by atoms with Gasteiger partial charge in [0.05, 0.1) is 6.10 Å². The fourth-order valence-electron chi connectivity index (χ4n) is 2.07. The topological polar surface area (TPSA) is 18.5 Å². The van der Waals surface area contributed by atoms with Crippen LogP contribution in [0.15, 0.2) is 0 Å². The summed E-state index contributed by atoms with van der Waals surface area (Å²) in [5.41, 5.74) is 0. The van der Waals surface area contributed by atoms with Crippen LogP contribution < -0.4 is 0 Å². The molecule has 0 aromatic carbocycles. The van der Waals surface area contributed by atoms with Crippen LogP contribution in [0.25, 0.3) is 0 Å². The first-order chi connectivity index (χ1) is 8.63. The van der Waals surface area contributed by atoms with Crippen LogP contribution in [-0.4, -0.2) is 26.9 Å². The molecule has 0 aliphatic rings. The summed E-state index contributed by atoms with van der Waals surface area (Å²) in [5.74, 6) is 0. The van der Waals surface area contributed by atoms with Crippen molar-refractivity contribution in [2.75, 3.05) is 0 Å². The van der Waals surface area contributed by atoms with Crippen LogP contribution in [0.3, 0.4) is 0 Å². The lowest BCUT2D eigenvalue weighted by molar-refractivity contribution is -0.114. The first kappa shape index (κ1) is 18.5. The van der Waals surface area contributed by atoms with Gasteiger partial charge in [-0.25, -0.2) is 0 Å². The summed E-state index contributed by atoms with van der Waals surface area (Å²) in [6, 6.07) is 0. The molecule has 0 rings (SSSR count). The molecule has 2 nitrogen and oxygen atoms in total. The van der Waals surface area contributed by atoms with E-state index in [0.29, 0.717) is 0 Å². The smallest absolute Gasteiger partial charge is 0.462 e. The first-order valence-corrected chi connectivity index (χ1v) is 10.0. The number of unbranched alkanes of at least 4 members (excludes halogenated alkanes) is 2. The molecule has 0 bridgehead atoms. The summed E-state index contributed by atoms with van der Waals surface area (Å²) in [4.78, 5) is 0. The van der Waals surface area contributed by atoms with Crippen molar-refractivity contribution < 1.29 is 8.53 Å². The molecule has 0 aromatic rings. The van der Waals surface area contributed by atoms with Gasteiger partial charge in [0, 0.05) is 0 Å². The maximum absolute atomic E-state index is 6.32. The zero-order valence-electron chi connectivity index (χ0n) is 13.2. The van der Waals surface area contributed by atoms with E-state index in [2.05, 4.69) is 34.6 Å². The Hall–Kier alpha value is 0.452. The number of hydrogen-bond donors (Lipinski definition) is 0. The molecule has 1 unspecified atom stereocenters. The Morgan fingerprint density at radius 1 is 0.889 bits per heavy atom. The molecule has 18 heavy (non-hydrogen) atoms. The lowest BCUT2D eigenvalue weighted by atomic mass is 10.3. The fourth-order valence-corrected chi connectivity index (χ4v) is 4.98. The molecular weight excluding hydrogens is 239 g/mol. The number of rotatable bonds is 12. The molecule has 0 saturated carbocycles. The van der Waals surface area contributed by atoms with Crippen molar-refractivity contribution >= 4 is 14.5 Å². The van der Waals surface area contributed by atoms with Gasteiger partial charge in [-0.15, -0.1) is 0 Å². The highest BCUT2D eigenvalue weighted by Crippen LogP contribution is 2.16. The number of hydrogen-bond acceptors (Lipinski definition) is 2. The average Bonchev–Trinajstić information content (AvgIpc) is 2.32. The predicted octanol–water partition coefficient (Wildman–Crippen LogP) is 5.15. The SMILES string of the molecule is CCC[CH2][Al]([CH2]CCC)[O]C(CCC)OC(C)C. The Kier molecular flexibility index (Phi) is 12.8. The predicted molar refractivity (Wildman–Crippen MR) is 81.2 cm³/mol. The summed E-state index contributed by atoms with van der Waals surface area (Å²) in [6.07, 6.45) is 7.71. The van der Waals surface area contributed by atoms with Gasteiger partial charge in [0.25, 0.3) is 0 Å². The van der Waals surface area contributed by atoms with Crippen molar-refractivity contribution in [3.63, 3.8) is 0 Å². The van der Waals surface area contributed by atoms with E-state index in [4.69, 9.17) is 8.53 Å². The largest absolute Gasteiger partial charge is 0.478 e. The summed E-state index contributed by atoms with van der Waals surface area (Å²) >= 11 is -1.04. The summed E-state index contributed by atoms with van der Waals surface area (Å²) in [6.45, 7) is 10.9. The molecule has 0 aromatic heterocycles. The van der Waals surface area contributed by atoms with E-state index >= 15 is 0 Å². The Labute approximate surface area is 119 Å². The van der Waals surface area contributed by atoms with Gasteiger partial charge in [-0.1, -0.05) is 63.4 Å². The summed E-state index contributed by atoms with van der Waals surface area (Å²) < 4.78 is 12.2. The van der Waals surface area contributed by atoms with E-state index < -0.39 is 14.5 Å². The highest BCUT2D eigenvalue weighted by atomic mass is 27.2. The van der Waals surface area contributed by atoms with Gasteiger partial charge in [0.2, 0.25) is 0 Å². The fraction of sp³-hybridized carbons (Fsp3) is 1.00. The molecule has 108 valence electrons. The molecule has 1 atom stereocenters. The van der Waals surface area contributed by atoms with Crippen LogP contribution in [0.4, 0.5) is 0 Å². The van der Waals surface area contributed by atoms with Gasteiger partial charge in [-0.3, -0.25) is 0 Å². The lowest BCUT2D eigenvalue weighted by Gasteiger charge is -2.25. The van der Waals surface area contributed by atoms with Crippen LogP contribution in [0.5, 0.6) is 0 Å². The second-order valence-electron chi connectivity index (χ2n) is 5.45. The minimum atomic E-state index is -1.04. The van der Waals surface area contributed by atoms with Crippen LogP contribution in [0, 0.1) is 0 Å². The maximum Gasteiger partial charge on any atom is 0.462 e. The van der Waals surface area contributed by atoms with Gasteiger partial charge < -0.3 is 8.53 Å². The first-order valence-electron chi connectivity index (χ1n) is 7.94. The third kappa shape index (κ3) is 10.4. The Morgan fingerprint density at radius 2 is 1.44 bits per heavy atom. The molecule has 0 fully saturated rings. The van der Waals surface area contributed by atoms with Crippen molar-refractivity contribution in [1.29, 1.82) is 0 Å². The molecule has 0 amide bonds. The minimum absolute atomic E-state index is 0.0559. The molecule has 3 heteroatoms. The van der Waals surface area contributed by atoms with Crippen molar-refractivity contribution in [3.8, 4) is 0 Å². The lowest BCUT2D eigenvalue weighted by Crippen LogP contribution is -2.29. The molecule has 0 heterocycles. The monoisotopic (exact) mass is 272 g/mol. The highest BCUT2D eigenvalue weighted by Gasteiger charge is 2.24.